The van der Waals surface area contributed by atoms with Gasteiger partial charge in [-0.1, -0.05) is 41.9 Å². The van der Waals surface area contributed by atoms with Gasteiger partial charge in [-0.2, -0.15) is 0 Å². The normalized spacial score (nSPS) is 10.1. The molecule has 0 unspecified atom stereocenters. The molecular weight excluding hydrogens is 248 g/mol. The van der Waals surface area contributed by atoms with Gasteiger partial charge in [-0.15, -0.1) is 0 Å². The summed E-state index contributed by atoms with van der Waals surface area (Å²) in [5.41, 5.74) is 1.47. The van der Waals surface area contributed by atoms with E-state index in [1.807, 2.05) is 24.3 Å². The third-order valence-electron chi connectivity index (χ3n) is 2.70. The fraction of sp³-hybridized carbons (Fsp3) is 0.133. The van der Waals surface area contributed by atoms with Gasteiger partial charge >= 0.3 is 0 Å². The SMILES string of the molecule is COc1cccc(C(=O)Cc2ccccc2Cl)c1. The number of Topliss-reactive ketones (excluding diaryl/α,β-unsaturated/α-hetero) is 1. The first kappa shape index (κ1) is 12.7. The van der Waals surface area contributed by atoms with E-state index in [1.54, 1.807) is 31.4 Å². The molecule has 0 radical (unpaired) electrons. The molecule has 0 saturated carbocycles. The minimum Gasteiger partial charge on any atom is -0.497 e. The summed E-state index contributed by atoms with van der Waals surface area (Å²) in [5, 5.41) is 0.619. The summed E-state index contributed by atoms with van der Waals surface area (Å²) < 4.78 is 5.10. The maximum atomic E-state index is 12.1. The van der Waals surface area contributed by atoms with E-state index in [-0.39, 0.29) is 5.78 Å². The van der Waals surface area contributed by atoms with E-state index >= 15 is 0 Å². The van der Waals surface area contributed by atoms with Crippen molar-refractivity contribution in [2.45, 2.75) is 6.42 Å². The van der Waals surface area contributed by atoms with E-state index in [0.717, 1.165) is 5.56 Å². The van der Waals surface area contributed by atoms with Crippen molar-refractivity contribution >= 4 is 17.4 Å². The Morgan fingerprint density at radius 1 is 1.17 bits per heavy atom. The molecule has 0 amide bonds. The largest absolute Gasteiger partial charge is 0.497 e. The molecule has 2 aromatic rings. The second-order valence-corrected chi connectivity index (χ2v) is 4.33. The van der Waals surface area contributed by atoms with E-state index < -0.39 is 0 Å². The van der Waals surface area contributed by atoms with Gasteiger partial charge in [0.2, 0.25) is 0 Å². The van der Waals surface area contributed by atoms with Crippen LogP contribution in [0.4, 0.5) is 0 Å². The number of carbonyl (C=O) groups excluding carboxylic acids is 1. The number of methoxy groups -OCH3 is 1. The van der Waals surface area contributed by atoms with Gasteiger partial charge in [-0.3, -0.25) is 4.79 Å². The molecule has 0 aromatic heterocycles. The Labute approximate surface area is 111 Å². The number of halogens is 1. The van der Waals surface area contributed by atoms with Crippen molar-refractivity contribution in [1.82, 2.24) is 0 Å². The third kappa shape index (κ3) is 2.90. The van der Waals surface area contributed by atoms with Gasteiger partial charge in [0.15, 0.2) is 5.78 Å². The van der Waals surface area contributed by atoms with Gasteiger partial charge < -0.3 is 4.74 Å². The van der Waals surface area contributed by atoms with Gasteiger partial charge in [0.25, 0.3) is 0 Å². The summed E-state index contributed by atoms with van der Waals surface area (Å²) in [6.07, 6.45) is 0.298. The van der Waals surface area contributed by atoms with E-state index in [0.29, 0.717) is 22.8 Å². The highest BCUT2D eigenvalue weighted by molar-refractivity contribution is 6.31. The average Bonchev–Trinajstić information content (AvgIpc) is 2.41. The van der Waals surface area contributed by atoms with E-state index in [2.05, 4.69) is 0 Å². The summed E-state index contributed by atoms with van der Waals surface area (Å²) in [7, 11) is 1.58. The topological polar surface area (TPSA) is 26.3 Å². The number of benzene rings is 2. The van der Waals surface area contributed by atoms with Gasteiger partial charge in [0, 0.05) is 17.0 Å². The van der Waals surface area contributed by atoms with Crippen LogP contribution in [0.1, 0.15) is 15.9 Å². The lowest BCUT2D eigenvalue weighted by molar-refractivity contribution is 0.0992. The summed E-state index contributed by atoms with van der Waals surface area (Å²) >= 11 is 6.04. The van der Waals surface area contributed by atoms with E-state index in [1.165, 1.54) is 0 Å². The predicted molar refractivity (Wildman–Crippen MR) is 72.5 cm³/mol. The maximum absolute atomic E-state index is 12.1. The summed E-state index contributed by atoms with van der Waals surface area (Å²) in [6, 6.07) is 14.5. The number of hydrogen-bond acceptors (Lipinski definition) is 2. The summed E-state index contributed by atoms with van der Waals surface area (Å²) in [5.74, 6) is 0.710. The molecule has 0 saturated heterocycles. The Balaban J connectivity index is 2.19. The zero-order valence-electron chi connectivity index (χ0n) is 10.0. The minimum atomic E-state index is 0.0296. The molecular formula is C15H13ClO2. The van der Waals surface area contributed by atoms with Crippen molar-refractivity contribution in [1.29, 1.82) is 0 Å². The van der Waals surface area contributed by atoms with Crippen LogP contribution in [-0.4, -0.2) is 12.9 Å². The average molecular weight is 261 g/mol. The molecule has 0 N–H and O–H groups in total. The molecule has 3 heteroatoms. The second kappa shape index (κ2) is 5.69. The van der Waals surface area contributed by atoms with E-state index in [9.17, 15) is 4.79 Å². The highest BCUT2D eigenvalue weighted by atomic mass is 35.5. The fourth-order valence-electron chi connectivity index (χ4n) is 1.71. The third-order valence-corrected chi connectivity index (χ3v) is 3.07. The molecule has 0 heterocycles. The van der Waals surface area contributed by atoms with Crippen molar-refractivity contribution in [3.63, 3.8) is 0 Å². The smallest absolute Gasteiger partial charge is 0.167 e. The Bertz CT molecular complexity index is 564. The lowest BCUT2D eigenvalue weighted by atomic mass is 10.0. The lowest BCUT2D eigenvalue weighted by Gasteiger charge is -2.05. The quantitative estimate of drug-likeness (QED) is 0.782. The molecule has 92 valence electrons. The molecule has 0 aliphatic carbocycles. The predicted octanol–water partition coefficient (Wildman–Crippen LogP) is 3.77. The molecule has 0 atom stereocenters. The van der Waals surface area contributed by atoms with Crippen molar-refractivity contribution in [2.75, 3.05) is 7.11 Å². The first-order valence-electron chi connectivity index (χ1n) is 5.61. The minimum absolute atomic E-state index is 0.0296. The van der Waals surface area contributed by atoms with Crippen molar-refractivity contribution in [3.05, 3.63) is 64.7 Å². The van der Waals surface area contributed by atoms with Crippen LogP contribution in [0.25, 0.3) is 0 Å². The van der Waals surface area contributed by atoms with Crippen LogP contribution in [0.2, 0.25) is 5.02 Å². The monoisotopic (exact) mass is 260 g/mol. The second-order valence-electron chi connectivity index (χ2n) is 3.92. The molecule has 0 fully saturated rings. The van der Waals surface area contributed by atoms with Crippen LogP contribution in [-0.2, 0) is 6.42 Å². The van der Waals surface area contributed by atoms with Crippen LogP contribution >= 0.6 is 11.6 Å². The highest BCUT2D eigenvalue weighted by Crippen LogP contribution is 2.19. The Hall–Kier alpha value is -1.80. The molecule has 2 nitrogen and oxygen atoms in total. The first-order valence-corrected chi connectivity index (χ1v) is 5.99. The fourth-order valence-corrected chi connectivity index (χ4v) is 1.92. The molecule has 2 rings (SSSR count). The lowest BCUT2D eigenvalue weighted by Crippen LogP contribution is -2.04. The van der Waals surface area contributed by atoms with Crippen molar-refractivity contribution in [3.8, 4) is 5.75 Å². The molecule has 0 bridgehead atoms. The van der Waals surface area contributed by atoms with Crippen LogP contribution in [0, 0.1) is 0 Å². The number of ketones is 1. The zero-order chi connectivity index (χ0) is 13.0. The van der Waals surface area contributed by atoms with Gasteiger partial charge in [0.1, 0.15) is 5.75 Å². The highest BCUT2D eigenvalue weighted by Gasteiger charge is 2.09. The van der Waals surface area contributed by atoms with Crippen LogP contribution in [0.3, 0.4) is 0 Å². The van der Waals surface area contributed by atoms with Crippen molar-refractivity contribution < 1.29 is 9.53 Å². The molecule has 0 aliphatic heterocycles. The number of ether oxygens (including phenoxy) is 1. The van der Waals surface area contributed by atoms with Crippen molar-refractivity contribution in [2.24, 2.45) is 0 Å². The Morgan fingerprint density at radius 2 is 1.94 bits per heavy atom. The van der Waals surface area contributed by atoms with Gasteiger partial charge in [-0.25, -0.2) is 0 Å². The first-order chi connectivity index (χ1) is 8.70. The Kier molecular flexibility index (Phi) is 4.00. The maximum Gasteiger partial charge on any atom is 0.167 e. The molecule has 2 aromatic carbocycles. The van der Waals surface area contributed by atoms with Crippen LogP contribution < -0.4 is 4.74 Å². The van der Waals surface area contributed by atoms with Crippen LogP contribution in [0.5, 0.6) is 5.75 Å². The molecule has 0 spiro atoms. The summed E-state index contributed by atoms with van der Waals surface area (Å²) in [4.78, 5) is 12.1. The standard InChI is InChI=1S/C15H13ClO2/c1-18-13-7-4-6-12(9-13)15(17)10-11-5-2-3-8-14(11)16/h2-9H,10H2,1H3. The summed E-state index contributed by atoms with van der Waals surface area (Å²) in [6.45, 7) is 0. The van der Waals surface area contributed by atoms with E-state index in [4.69, 9.17) is 16.3 Å². The number of rotatable bonds is 4. The molecule has 0 aliphatic rings. The number of hydrogen-bond donors (Lipinski definition) is 0. The number of carbonyl (C=O) groups is 1. The Morgan fingerprint density at radius 3 is 2.67 bits per heavy atom. The van der Waals surface area contributed by atoms with Gasteiger partial charge in [0.05, 0.1) is 7.11 Å². The van der Waals surface area contributed by atoms with Gasteiger partial charge in [-0.05, 0) is 23.8 Å². The zero-order valence-corrected chi connectivity index (χ0v) is 10.8. The van der Waals surface area contributed by atoms with Crippen LogP contribution in [0.15, 0.2) is 48.5 Å². The molecule has 18 heavy (non-hydrogen) atoms.